The lowest BCUT2D eigenvalue weighted by atomic mass is 10.2. The standard InChI is InChI=1S/C16H18N4O2/c1-10-3-4-11(2)20(10)8-16(22)17-12-5-6-13-14(7-12)19-15(9-21)18-13/h3-7,21H,8-9H2,1-2H3,(H,17,22)(H,18,19). The molecule has 0 fully saturated rings. The van der Waals surface area contributed by atoms with E-state index >= 15 is 0 Å². The second kappa shape index (κ2) is 5.65. The molecule has 0 saturated carbocycles. The van der Waals surface area contributed by atoms with Crippen molar-refractivity contribution in [3.63, 3.8) is 0 Å². The number of anilines is 1. The summed E-state index contributed by atoms with van der Waals surface area (Å²) in [6.45, 7) is 4.11. The molecule has 0 aliphatic rings. The van der Waals surface area contributed by atoms with Gasteiger partial charge in [0.05, 0.1) is 11.0 Å². The van der Waals surface area contributed by atoms with Gasteiger partial charge in [0.15, 0.2) is 0 Å². The van der Waals surface area contributed by atoms with Crippen LogP contribution in [0, 0.1) is 13.8 Å². The molecule has 22 heavy (non-hydrogen) atoms. The highest BCUT2D eigenvalue weighted by molar-refractivity contribution is 5.93. The van der Waals surface area contributed by atoms with E-state index in [0.29, 0.717) is 11.5 Å². The smallest absolute Gasteiger partial charge is 0.244 e. The number of carbonyl (C=O) groups is 1. The molecule has 0 spiro atoms. The van der Waals surface area contributed by atoms with Crippen molar-refractivity contribution in [3.8, 4) is 0 Å². The maximum absolute atomic E-state index is 12.2. The van der Waals surface area contributed by atoms with Crippen LogP contribution in [0.2, 0.25) is 0 Å². The van der Waals surface area contributed by atoms with Gasteiger partial charge in [-0.3, -0.25) is 4.79 Å². The van der Waals surface area contributed by atoms with Gasteiger partial charge in [-0.15, -0.1) is 0 Å². The predicted octanol–water partition coefficient (Wildman–Crippen LogP) is 2.11. The molecule has 3 aromatic rings. The summed E-state index contributed by atoms with van der Waals surface area (Å²) in [5.74, 6) is 0.431. The Bertz CT molecular complexity index is 812. The van der Waals surface area contributed by atoms with Crippen molar-refractivity contribution < 1.29 is 9.90 Å². The highest BCUT2D eigenvalue weighted by Crippen LogP contribution is 2.17. The van der Waals surface area contributed by atoms with Crippen LogP contribution in [0.3, 0.4) is 0 Å². The van der Waals surface area contributed by atoms with E-state index in [2.05, 4.69) is 15.3 Å². The topological polar surface area (TPSA) is 82.9 Å². The van der Waals surface area contributed by atoms with Gasteiger partial charge in [-0.1, -0.05) is 0 Å². The van der Waals surface area contributed by atoms with Crippen LogP contribution in [0.15, 0.2) is 30.3 Å². The number of H-pyrrole nitrogens is 1. The van der Waals surface area contributed by atoms with E-state index < -0.39 is 0 Å². The lowest BCUT2D eigenvalue weighted by Gasteiger charge is -2.10. The van der Waals surface area contributed by atoms with E-state index in [0.717, 1.165) is 22.4 Å². The number of nitrogens with one attached hydrogen (secondary N) is 2. The van der Waals surface area contributed by atoms with Gasteiger partial charge in [0.2, 0.25) is 5.91 Å². The Balaban J connectivity index is 1.76. The number of hydrogen-bond donors (Lipinski definition) is 3. The minimum Gasteiger partial charge on any atom is -0.388 e. The normalized spacial score (nSPS) is 11.0. The first-order valence-corrected chi connectivity index (χ1v) is 7.09. The van der Waals surface area contributed by atoms with Crippen LogP contribution in [-0.2, 0) is 17.9 Å². The second-order valence-corrected chi connectivity index (χ2v) is 5.32. The summed E-state index contributed by atoms with van der Waals surface area (Å²) in [7, 11) is 0. The number of fused-ring (bicyclic) bond motifs is 1. The number of aromatic amines is 1. The first kappa shape index (κ1) is 14.3. The molecule has 0 radical (unpaired) electrons. The van der Waals surface area contributed by atoms with Gasteiger partial charge >= 0.3 is 0 Å². The Labute approximate surface area is 127 Å². The number of aliphatic hydroxyl groups is 1. The number of rotatable bonds is 4. The number of nitrogens with zero attached hydrogens (tertiary/aromatic N) is 2. The number of amides is 1. The third-order valence-corrected chi connectivity index (χ3v) is 3.68. The zero-order valence-corrected chi connectivity index (χ0v) is 12.6. The fourth-order valence-electron chi connectivity index (χ4n) is 2.51. The van der Waals surface area contributed by atoms with Gasteiger partial charge in [0.25, 0.3) is 0 Å². The van der Waals surface area contributed by atoms with Crippen LogP contribution in [0.5, 0.6) is 0 Å². The minimum absolute atomic E-state index is 0.0800. The molecule has 114 valence electrons. The Morgan fingerprint density at radius 1 is 1.27 bits per heavy atom. The van der Waals surface area contributed by atoms with Gasteiger partial charge in [-0.25, -0.2) is 4.98 Å². The fourth-order valence-corrected chi connectivity index (χ4v) is 2.51. The van der Waals surface area contributed by atoms with E-state index in [-0.39, 0.29) is 19.1 Å². The monoisotopic (exact) mass is 298 g/mol. The van der Waals surface area contributed by atoms with Crippen molar-refractivity contribution in [2.24, 2.45) is 0 Å². The number of benzene rings is 1. The van der Waals surface area contributed by atoms with Crippen molar-refractivity contribution in [2.45, 2.75) is 27.0 Å². The molecule has 3 N–H and O–H groups in total. The Kier molecular flexibility index (Phi) is 3.68. The van der Waals surface area contributed by atoms with Crippen LogP contribution < -0.4 is 5.32 Å². The van der Waals surface area contributed by atoms with E-state index in [1.54, 1.807) is 6.07 Å². The number of carbonyl (C=O) groups excluding carboxylic acids is 1. The molecule has 0 unspecified atom stereocenters. The second-order valence-electron chi connectivity index (χ2n) is 5.32. The lowest BCUT2D eigenvalue weighted by molar-refractivity contribution is -0.116. The highest BCUT2D eigenvalue weighted by Gasteiger charge is 2.09. The van der Waals surface area contributed by atoms with Crippen LogP contribution >= 0.6 is 0 Å². The van der Waals surface area contributed by atoms with Gasteiger partial charge in [0.1, 0.15) is 19.0 Å². The first-order chi connectivity index (χ1) is 10.6. The summed E-state index contributed by atoms with van der Waals surface area (Å²) < 4.78 is 1.97. The largest absolute Gasteiger partial charge is 0.388 e. The van der Waals surface area contributed by atoms with Crippen LogP contribution in [0.4, 0.5) is 5.69 Å². The molecule has 0 aliphatic heterocycles. The first-order valence-electron chi connectivity index (χ1n) is 7.09. The molecular weight excluding hydrogens is 280 g/mol. The molecule has 0 atom stereocenters. The van der Waals surface area contributed by atoms with Crippen molar-refractivity contribution in [2.75, 3.05) is 5.32 Å². The molecule has 1 aromatic carbocycles. The zero-order valence-electron chi connectivity index (χ0n) is 12.6. The Morgan fingerprint density at radius 2 is 2.00 bits per heavy atom. The third-order valence-electron chi connectivity index (χ3n) is 3.68. The number of aryl methyl sites for hydroxylation is 2. The van der Waals surface area contributed by atoms with E-state index in [1.807, 2.05) is 42.7 Å². The molecule has 0 bridgehead atoms. The molecule has 6 nitrogen and oxygen atoms in total. The zero-order chi connectivity index (χ0) is 15.7. The molecule has 6 heteroatoms. The number of aromatic nitrogens is 3. The van der Waals surface area contributed by atoms with Crippen molar-refractivity contribution in [1.29, 1.82) is 0 Å². The summed E-state index contributed by atoms with van der Waals surface area (Å²) in [4.78, 5) is 19.4. The van der Waals surface area contributed by atoms with Crippen molar-refractivity contribution >= 4 is 22.6 Å². The van der Waals surface area contributed by atoms with E-state index in [9.17, 15) is 4.79 Å². The molecule has 2 heterocycles. The van der Waals surface area contributed by atoms with Gasteiger partial charge in [0, 0.05) is 17.1 Å². The van der Waals surface area contributed by atoms with Crippen LogP contribution in [-0.4, -0.2) is 25.5 Å². The SMILES string of the molecule is Cc1ccc(C)n1CC(=O)Nc1ccc2nc(CO)[nH]c2c1. The summed E-state index contributed by atoms with van der Waals surface area (Å²) in [6.07, 6.45) is 0. The summed E-state index contributed by atoms with van der Waals surface area (Å²) in [5.41, 5.74) is 4.37. The molecule has 2 aromatic heterocycles. The van der Waals surface area contributed by atoms with Crippen LogP contribution in [0.1, 0.15) is 17.2 Å². The summed E-state index contributed by atoms with van der Waals surface area (Å²) >= 11 is 0. The van der Waals surface area contributed by atoms with Gasteiger partial charge in [-0.05, 0) is 44.2 Å². The average Bonchev–Trinajstić information content (AvgIpc) is 3.04. The average molecular weight is 298 g/mol. The predicted molar refractivity (Wildman–Crippen MR) is 84.6 cm³/mol. The molecular formula is C16H18N4O2. The Morgan fingerprint density at radius 3 is 2.68 bits per heavy atom. The molecule has 1 amide bonds. The van der Waals surface area contributed by atoms with Crippen LogP contribution in [0.25, 0.3) is 11.0 Å². The quantitative estimate of drug-likeness (QED) is 0.690. The van der Waals surface area contributed by atoms with E-state index in [1.165, 1.54) is 0 Å². The lowest BCUT2D eigenvalue weighted by Crippen LogP contribution is -2.20. The number of hydrogen-bond acceptors (Lipinski definition) is 3. The van der Waals surface area contributed by atoms with Gasteiger partial charge < -0.3 is 20.0 Å². The van der Waals surface area contributed by atoms with Crippen molar-refractivity contribution in [1.82, 2.24) is 14.5 Å². The number of aliphatic hydroxyl groups excluding tert-OH is 1. The van der Waals surface area contributed by atoms with Gasteiger partial charge in [-0.2, -0.15) is 0 Å². The summed E-state index contributed by atoms with van der Waals surface area (Å²) in [6, 6.07) is 9.42. The highest BCUT2D eigenvalue weighted by atomic mass is 16.3. The Hall–Kier alpha value is -2.60. The van der Waals surface area contributed by atoms with E-state index in [4.69, 9.17) is 5.11 Å². The minimum atomic E-state index is -0.136. The maximum atomic E-state index is 12.2. The van der Waals surface area contributed by atoms with Crippen molar-refractivity contribution in [3.05, 3.63) is 47.5 Å². The maximum Gasteiger partial charge on any atom is 0.244 e. The molecule has 3 rings (SSSR count). The number of imidazole rings is 1. The molecule has 0 aliphatic carbocycles. The third kappa shape index (κ3) is 2.73. The fraction of sp³-hybridized carbons (Fsp3) is 0.250. The molecule has 0 saturated heterocycles. The summed E-state index contributed by atoms with van der Waals surface area (Å²) in [5, 5.41) is 12.0.